The van der Waals surface area contributed by atoms with Crippen LogP contribution >= 0.6 is 15.9 Å². The Balaban J connectivity index is 1.39. The first-order chi connectivity index (χ1) is 13.7. The molecule has 0 amide bonds. The summed E-state index contributed by atoms with van der Waals surface area (Å²) in [6, 6.07) is 8.78. The lowest BCUT2D eigenvalue weighted by Crippen LogP contribution is -2.44. The monoisotopic (exact) mass is 445 g/mol. The van der Waals surface area contributed by atoms with Crippen molar-refractivity contribution in [2.24, 2.45) is 4.99 Å². The van der Waals surface area contributed by atoms with Gasteiger partial charge in [-0.15, -0.1) is 10.2 Å². The zero-order chi connectivity index (χ0) is 19.3. The number of aromatic nitrogens is 3. The highest BCUT2D eigenvalue weighted by Crippen LogP contribution is 2.28. The molecule has 1 aromatic carbocycles. The number of aliphatic imine (C=N–C) groups is 1. The number of rotatable bonds is 5. The molecule has 150 valence electrons. The number of halogens is 1. The number of para-hydroxylation sites is 1. The maximum absolute atomic E-state index is 4.79. The molecule has 28 heavy (non-hydrogen) atoms. The van der Waals surface area contributed by atoms with Crippen LogP contribution in [0.2, 0.25) is 0 Å². The summed E-state index contributed by atoms with van der Waals surface area (Å²) in [5.41, 5.74) is 1.25. The summed E-state index contributed by atoms with van der Waals surface area (Å²) in [4.78, 5) is 7.20. The minimum atomic E-state index is 0.372. The average Bonchev–Trinajstić information content (AvgIpc) is 3.34. The Bertz CT molecular complexity index is 832. The largest absolute Gasteiger partial charge is 0.368 e. The van der Waals surface area contributed by atoms with E-state index in [1.165, 1.54) is 18.5 Å². The van der Waals surface area contributed by atoms with Gasteiger partial charge >= 0.3 is 0 Å². The van der Waals surface area contributed by atoms with E-state index in [-0.39, 0.29) is 0 Å². The molecule has 1 aromatic heterocycles. The van der Waals surface area contributed by atoms with Gasteiger partial charge in [-0.1, -0.05) is 12.1 Å². The molecule has 1 saturated heterocycles. The molecule has 2 N–H and O–H groups in total. The van der Waals surface area contributed by atoms with E-state index in [2.05, 4.69) is 77.4 Å². The second-order valence-corrected chi connectivity index (χ2v) is 8.22. The lowest BCUT2D eigenvalue weighted by Gasteiger charge is -2.21. The molecule has 4 rings (SSSR count). The number of hydrogen-bond acceptors (Lipinski definition) is 4. The summed E-state index contributed by atoms with van der Waals surface area (Å²) >= 11 is 3.67. The van der Waals surface area contributed by atoms with Crippen LogP contribution in [0.4, 0.5) is 5.69 Å². The number of nitrogens with zero attached hydrogens (tertiary/aromatic N) is 5. The molecule has 2 aromatic rings. The first-order valence-corrected chi connectivity index (χ1v) is 11.0. The van der Waals surface area contributed by atoms with Crippen molar-refractivity contribution in [1.29, 1.82) is 0 Å². The predicted octanol–water partition coefficient (Wildman–Crippen LogP) is 2.71. The van der Waals surface area contributed by atoms with Crippen molar-refractivity contribution in [3.8, 4) is 0 Å². The number of benzene rings is 1. The van der Waals surface area contributed by atoms with Crippen LogP contribution in [0.5, 0.6) is 0 Å². The van der Waals surface area contributed by atoms with Crippen molar-refractivity contribution in [2.75, 3.05) is 24.5 Å². The Kier molecular flexibility index (Phi) is 6.14. The molecule has 3 heterocycles. The Labute approximate surface area is 174 Å². The van der Waals surface area contributed by atoms with Gasteiger partial charge in [0.05, 0.1) is 5.69 Å². The lowest BCUT2D eigenvalue weighted by molar-refractivity contribution is 0.508. The molecule has 2 aliphatic heterocycles. The number of hydrogen-bond donors (Lipinski definition) is 2. The van der Waals surface area contributed by atoms with E-state index in [9.17, 15) is 0 Å². The first-order valence-electron chi connectivity index (χ1n) is 10.2. The molecule has 1 fully saturated rings. The second-order valence-electron chi connectivity index (χ2n) is 7.36. The number of fused-ring (bicyclic) bond motifs is 1. The minimum absolute atomic E-state index is 0.372. The van der Waals surface area contributed by atoms with E-state index >= 15 is 0 Å². The molecular weight excluding hydrogens is 418 g/mol. The zero-order valence-electron chi connectivity index (χ0n) is 16.4. The van der Waals surface area contributed by atoms with E-state index in [0.717, 1.165) is 61.1 Å². The summed E-state index contributed by atoms with van der Waals surface area (Å²) in [7, 11) is 0. The van der Waals surface area contributed by atoms with Gasteiger partial charge in [0.2, 0.25) is 0 Å². The molecule has 8 heteroatoms. The van der Waals surface area contributed by atoms with Crippen molar-refractivity contribution in [3.63, 3.8) is 0 Å². The topological polar surface area (TPSA) is 70.4 Å². The van der Waals surface area contributed by atoms with Crippen LogP contribution in [0.3, 0.4) is 0 Å². The average molecular weight is 446 g/mol. The van der Waals surface area contributed by atoms with E-state index < -0.39 is 0 Å². The highest BCUT2D eigenvalue weighted by atomic mass is 79.9. The fourth-order valence-electron chi connectivity index (χ4n) is 3.95. The van der Waals surface area contributed by atoms with Crippen molar-refractivity contribution >= 4 is 27.6 Å². The van der Waals surface area contributed by atoms with E-state index in [0.29, 0.717) is 12.6 Å². The summed E-state index contributed by atoms with van der Waals surface area (Å²) in [6.07, 6.45) is 4.53. The van der Waals surface area contributed by atoms with Crippen molar-refractivity contribution in [3.05, 3.63) is 40.4 Å². The molecular formula is C20H28BrN7. The van der Waals surface area contributed by atoms with Gasteiger partial charge in [-0.25, -0.2) is 4.99 Å². The smallest absolute Gasteiger partial charge is 0.191 e. The van der Waals surface area contributed by atoms with Gasteiger partial charge in [0, 0.05) is 43.1 Å². The molecule has 0 spiro atoms. The fraction of sp³-hybridized carbons (Fsp3) is 0.550. The van der Waals surface area contributed by atoms with Gasteiger partial charge < -0.3 is 20.1 Å². The molecule has 0 bridgehead atoms. The van der Waals surface area contributed by atoms with Gasteiger partial charge in [0.1, 0.15) is 12.4 Å². The van der Waals surface area contributed by atoms with Crippen LogP contribution < -0.4 is 15.5 Å². The Morgan fingerprint density at radius 1 is 1.25 bits per heavy atom. The van der Waals surface area contributed by atoms with Crippen molar-refractivity contribution in [2.45, 2.75) is 51.7 Å². The Hall–Kier alpha value is -2.09. The van der Waals surface area contributed by atoms with E-state index in [4.69, 9.17) is 4.99 Å². The summed E-state index contributed by atoms with van der Waals surface area (Å²) < 4.78 is 3.38. The van der Waals surface area contributed by atoms with Crippen LogP contribution in [0, 0.1) is 0 Å². The fourth-order valence-corrected chi connectivity index (χ4v) is 4.49. The molecule has 0 saturated carbocycles. The van der Waals surface area contributed by atoms with E-state index in [1.54, 1.807) is 0 Å². The summed E-state index contributed by atoms with van der Waals surface area (Å²) in [6.45, 7) is 6.51. The van der Waals surface area contributed by atoms with Crippen LogP contribution in [-0.2, 0) is 19.5 Å². The second kappa shape index (κ2) is 8.94. The molecule has 7 nitrogen and oxygen atoms in total. The van der Waals surface area contributed by atoms with Crippen LogP contribution in [0.15, 0.2) is 33.7 Å². The number of nitrogens with one attached hydrogen (secondary N) is 2. The van der Waals surface area contributed by atoms with E-state index in [1.807, 2.05) is 0 Å². The maximum atomic E-state index is 4.79. The maximum Gasteiger partial charge on any atom is 0.191 e. The number of guanidine groups is 1. The van der Waals surface area contributed by atoms with Crippen LogP contribution in [-0.4, -0.2) is 46.4 Å². The lowest BCUT2D eigenvalue weighted by atomic mass is 10.2. The van der Waals surface area contributed by atoms with Gasteiger partial charge in [-0.05, 0) is 54.2 Å². The first kappa shape index (κ1) is 19.2. The molecule has 0 aliphatic carbocycles. The zero-order valence-corrected chi connectivity index (χ0v) is 18.0. The van der Waals surface area contributed by atoms with Crippen molar-refractivity contribution < 1.29 is 0 Å². The summed E-state index contributed by atoms with van der Waals surface area (Å²) in [5.74, 6) is 2.93. The Morgan fingerprint density at radius 2 is 2.14 bits per heavy atom. The highest BCUT2D eigenvalue weighted by Gasteiger charge is 2.24. The number of anilines is 1. The Morgan fingerprint density at radius 3 is 3.00 bits per heavy atom. The third-order valence-corrected chi connectivity index (χ3v) is 6.05. The third kappa shape index (κ3) is 4.32. The van der Waals surface area contributed by atoms with Crippen molar-refractivity contribution in [1.82, 2.24) is 25.4 Å². The van der Waals surface area contributed by atoms with Crippen LogP contribution in [0.1, 0.15) is 37.8 Å². The molecule has 2 aliphatic rings. The number of aryl methyl sites for hydroxylation is 1. The van der Waals surface area contributed by atoms with Gasteiger partial charge in [0.15, 0.2) is 11.8 Å². The predicted molar refractivity (Wildman–Crippen MR) is 116 cm³/mol. The summed E-state index contributed by atoms with van der Waals surface area (Å²) in [5, 5.41) is 15.7. The molecule has 0 radical (unpaired) electrons. The van der Waals surface area contributed by atoms with Gasteiger partial charge in [-0.3, -0.25) is 0 Å². The normalized spacial score (nSPS) is 19.6. The quantitative estimate of drug-likeness (QED) is 0.546. The van der Waals surface area contributed by atoms with Gasteiger partial charge in [-0.2, -0.15) is 0 Å². The third-order valence-electron chi connectivity index (χ3n) is 5.38. The standard InChI is InChI=1S/C20H28BrN7/c1-2-22-20(23-13-19-26-25-18-9-5-6-11-28(18)19)24-15-10-12-27(14-15)17-8-4-3-7-16(17)21/h3-4,7-8,15H,2,5-6,9-14H2,1H3,(H2,22,23,24). The highest BCUT2D eigenvalue weighted by molar-refractivity contribution is 9.10. The van der Waals surface area contributed by atoms with Gasteiger partial charge in [0.25, 0.3) is 0 Å². The SMILES string of the molecule is CCNC(=NCc1nnc2n1CCCC2)NC1CCN(c2ccccc2Br)C1. The minimum Gasteiger partial charge on any atom is -0.368 e. The molecule has 1 atom stereocenters. The van der Waals surface area contributed by atoms with Crippen LogP contribution in [0.25, 0.3) is 0 Å². The molecule has 1 unspecified atom stereocenters.